The van der Waals surface area contributed by atoms with E-state index in [-0.39, 0.29) is 10.8 Å². The van der Waals surface area contributed by atoms with Gasteiger partial charge in [0.2, 0.25) is 10.0 Å². The summed E-state index contributed by atoms with van der Waals surface area (Å²) in [4.78, 5) is 12.5. The van der Waals surface area contributed by atoms with Crippen LogP contribution in [0.5, 0.6) is 0 Å². The Kier molecular flexibility index (Phi) is 5.89. The molecular formula is C20H23ClN2O3S. The van der Waals surface area contributed by atoms with Crippen molar-refractivity contribution in [3.8, 4) is 0 Å². The van der Waals surface area contributed by atoms with Crippen molar-refractivity contribution >= 4 is 33.2 Å². The van der Waals surface area contributed by atoms with Gasteiger partial charge in [-0.2, -0.15) is 4.31 Å². The molecule has 1 heterocycles. The minimum absolute atomic E-state index is 0.236. The van der Waals surface area contributed by atoms with Crippen molar-refractivity contribution in [2.75, 3.05) is 18.4 Å². The normalized spacial score (nSPS) is 21.0. The zero-order chi connectivity index (χ0) is 19.6. The van der Waals surface area contributed by atoms with E-state index in [1.165, 1.54) is 12.1 Å². The molecule has 0 saturated carbocycles. The first-order valence-corrected chi connectivity index (χ1v) is 10.8. The Morgan fingerprint density at radius 2 is 1.63 bits per heavy atom. The molecule has 0 spiro atoms. The molecule has 7 heteroatoms. The molecule has 3 rings (SSSR count). The van der Waals surface area contributed by atoms with Crippen LogP contribution in [0.2, 0.25) is 5.02 Å². The monoisotopic (exact) mass is 406 g/mol. The van der Waals surface area contributed by atoms with Crippen molar-refractivity contribution in [3.63, 3.8) is 0 Å². The number of carbonyl (C=O) groups is 1. The number of nitrogens with one attached hydrogen (secondary N) is 1. The number of benzene rings is 2. The largest absolute Gasteiger partial charge is 0.322 e. The number of sulfonamides is 1. The summed E-state index contributed by atoms with van der Waals surface area (Å²) in [6, 6.07) is 13.0. The maximum atomic E-state index is 12.9. The zero-order valence-electron chi connectivity index (χ0n) is 15.4. The first-order valence-electron chi connectivity index (χ1n) is 8.93. The SMILES string of the molecule is C[C@@H]1C[C@H](C)CN(S(=O)(=O)c2ccc(NC(=O)c3ccccc3Cl)cc2)C1. The summed E-state index contributed by atoms with van der Waals surface area (Å²) in [5, 5.41) is 3.10. The fraction of sp³-hybridized carbons (Fsp3) is 0.350. The van der Waals surface area contributed by atoms with E-state index >= 15 is 0 Å². The van der Waals surface area contributed by atoms with Crippen molar-refractivity contribution in [2.24, 2.45) is 11.8 Å². The van der Waals surface area contributed by atoms with Crippen molar-refractivity contribution in [3.05, 3.63) is 59.1 Å². The summed E-state index contributed by atoms with van der Waals surface area (Å²) < 4.78 is 27.4. The Morgan fingerprint density at radius 3 is 2.22 bits per heavy atom. The lowest BCUT2D eigenvalue weighted by Crippen LogP contribution is -2.42. The lowest BCUT2D eigenvalue weighted by Gasteiger charge is -2.34. The molecule has 0 unspecified atom stereocenters. The van der Waals surface area contributed by atoms with Crippen molar-refractivity contribution < 1.29 is 13.2 Å². The molecule has 2 atom stereocenters. The molecule has 0 aromatic heterocycles. The van der Waals surface area contributed by atoms with Crippen LogP contribution in [0.15, 0.2) is 53.4 Å². The summed E-state index contributed by atoms with van der Waals surface area (Å²) in [7, 11) is -3.53. The molecular weight excluding hydrogens is 384 g/mol. The molecule has 0 aliphatic carbocycles. The van der Waals surface area contributed by atoms with Crippen molar-refractivity contribution in [1.82, 2.24) is 4.31 Å². The molecule has 27 heavy (non-hydrogen) atoms. The average molecular weight is 407 g/mol. The Labute approximate surface area is 165 Å². The molecule has 0 radical (unpaired) electrons. The molecule has 0 bridgehead atoms. The second-order valence-electron chi connectivity index (χ2n) is 7.23. The molecule has 1 saturated heterocycles. The van der Waals surface area contributed by atoms with Gasteiger partial charge in [-0.1, -0.05) is 37.6 Å². The van der Waals surface area contributed by atoms with E-state index < -0.39 is 10.0 Å². The van der Waals surface area contributed by atoms with Gasteiger partial charge in [-0.15, -0.1) is 0 Å². The van der Waals surface area contributed by atoms with Gasteiger partial charge < -0.3 is 5.32 Å². The Morgan fingerprint density at radius 1 is 1.04 bits per heavy atom. The first kappa shape index (κ1) is 19.9. The molecule has 1 amide bonds. The van der Waals surface area contributed by atoms with Gasteiger partial charge >= 0.3 is 0 Å². The Hall–Kier alpha value is -1.89. The van der Waals surface area contributed by atoms with Crippen molar-refractivity contribution in [2.45, 2.75) is 25.2 Å². The predicted octanol–water partition coefficient (Wildman–Crippen LogP) is 4.26. The molecule has 1 aliphatic heterocycles. The third kappa shape index (κ3) is 4.51. The maximum Gasteiger partial charge on any atom is 0.257 e. The van der Waals surface area contributed by atoms with Crippen LogP contribution in [0.1, 0.15) is 30.6 Å². The fourth-order valence-electron chi connectivity index (χ4n) is 3.51. The van der Waals surface area contributed by atoms with Crippen molar-refractivity contribution in [1.29, 1.82) is 0 Å². The topological polar surface area (TPSA) is 66.5 Å². The number of amides is 1. The number of piperidine rings is 1. The third-order valence-electron chi connectivity index (χ3n) is 4.70. The van der Waals surface area contributed by atoms with Gasteiger partial charge in [-0.05, 0) is 54.7 Å². The fourth-order valence-corrected chi connectivity index (χ4v) is 5.41. The van der Waals surface area contributed by atoms with Gasteiger partial charge in [0, 0.05) is 18.8 Å². The van der Waals surface area contributed by atoms with Crippen LogP contribution in [0.4, 0.5) is 5.69 Å². The second kappa shape index (κ2) is 8.00. The highest BCUT2D eigenvalue weighted by Crippen LogP contribution is 2.27. The van der Waals surface area contributed by atoms with Gasteiger partial charge in [-0.25, -0.2) is 8.42 Å². The van der Waals surface area contributed by atoms with Crippen LogP contribution >= 0.6 is 11.6 Å². The van der Waals surface area contributed by atoms with Gasteiger partial charge in [0.15, 0.2) is 0 Å². The molecule has 2 aromatic carbocycles. The van der Waals surface area contributed by atoms with Gasteiger partial charge in [0.1, 0.15) is 0 Å². The minimum Gasteiger partial charge on any atom is -0.322 e. The van der Waals surface area contributed by atoms with Crippen LogP contribution in [0.25, 0.3) is 0 Å². The molecule has 2 aromatic rings. The van der Waals surface area contributed by atoms with Crippen LogP contribution < -0.4 is 5.32 Å². The van der Waals surface area contributed by atoms with Gasteiger partial charge in [-0.3, -0.25) is 4.79 Å². The van der Waals surface area contributed by atoms with Crippen LogP contribution in [-0.4, -0.2) is 31.7 Å². The summed E-state index contributed by atoms with van der Waals surface area (Å²) in [5.74, 6) is 0.352. The Balaban J connectivity index is 1.75. The maximum absolute atomic E-state index is 12.9. The summed E-state index contributed by atoms with van der Waals surface area (Å²) in [6.45, 7) is 5.23. The lowest BCUT2D eigenvalue weighted by molar-refractivity contribution is 0.102. The average Bonchev–Trinajstić information content (AvgIpc) is 2.61. The first-order chi connectivity index (χ1) is 12.8. The number of nitrogens with zero attached hydrogens (tertiary/aromatic N) is 1. The predicted molar refractivity (Wildman–Crippen MR) is 108 cm³/mol. The molecule has 144 valence electrons. The standard InChI is InChI=1S/C20H23ClN2O3S/c1-14-11-15(2)13-23(12-14)27(25,26)17-9-7-16(8-10-17)22-20(24)18-5-3-4-6-19(18)21/h3-10,14-15H,11-13H2,1-2H3,(H,22,24)/t14-,15+. The number of rotatable bonds is 4. The molecule has 1 aliphatic rings. The number of carbonyl (C=O) groups excluding carboxylic acids is 1. The number of halogens is 1. The lowest BCUT2D eigenvalue weighted by atomic mass is 9.94. The van der Waals surface area contributed by atoms with Crippen LogP contribution in [0, 0.1) is 11.8 Å². The number of anilines is 1. The molecule has 1 N–H and O–H groups in total. The summed E-state index contributed by atoms with van der Waals surface area (Å²) in [5.41, 5.74) is 0.881. The zero-order valence-corrected chi connectivity index (χ0v) is 16.9. The number of hydrogen-bond donors (Lipinski definition) is 1. The highest BCUT2D eigenvalue weighted by molar-refractivity contribution is 7.89. The number of hydrogen-bond acceptors (Lipinski definition) is 3. The van der Waals surface area contributed by atoms with Crippen LogP contribution in [0.3, 0.4) is 0 Å². The van der Waals surface area contributed by atoms with Gasteiger partial charge in [0.05, 0.1) is 15.5 Å². The highest BCUT2D eigenvalue weighted by Gasteiger charge is 2.31. The van der Waals surface area contributed by atoms with Crippen LogP contribution in [-0.2, 0) is 10.0 Å². The van der Waals surface area contributed by atoms with E-state index in [1.807, 2.05) is 0 Å². The summed E-state index contributed by atoms with van der Waals surface area (Å²) >= 11 is 6.03. The van der Waals surface area contributed by atoms with Gasteiger partial charge in [0.25, 0.3) is 5.91 Å². The summed E-state index contributed by atoms with van der Waals surface area (Å²) in [6.07, 6.45) is 1.04. The quantitative estimate of drug-likeness (QED) is 0.824. The molecule has 1 fully saturated rings. The Bertz CT molecular complexity index is 918. The van der Waals surface area contributed by atoms with E-state index in [0.29, 0.717) is 41.2 Å². The smallest absolute Gasteiger partial charge is 0.257 e. The van der Waals surface area contributed by atoms with E-state index in [9.17, 15) is 13.2 Å². The molecule has 5 nitrogen and oxygen atoms in total. The van der Waals surface area contributed by atoms with E-state index in [0.717, 1.165) is 6.42 Å². The minimum atomic E-state index is -3.53. The second-order valence-corrected chi connectivity index (χ2v) is 9.57. The highest BCUT2D eigenvalue weighted by atomic mass is 35.5. The third-order valence-corrected chi connectivity index (χ3v) is 6.88. The van der Waals surface area contributed by atoms with E-state index in [1.54, 1.807) is 40.7 Å². The van der Waals surface area contributed by atoms with E-state index in [2.05, 4.69) is 19.2 Å². The van der Waals surface area contributed by atoms with E-state index in [4.69, 9.17) is 11.6 Å².